The van der Waals surface area contributed by atoms with Crippen molar-refractivity contribution in [2.45, 2.75) is 309 Å². The Bertz CT molecular complexity index is 1800. The SMILES string of the molecule is CC/C=C\C/C=C\C/C=C\C/C=C\C/C=C\CCCCCCCC(=O)OC(COC(=O)CCCCCCCC/C=C\C/C=C\C/C=C\CCCCCCC)COC(=O)CCCCCCCCCCCC/C=C\C/C=C\C/C=C\C/C=C\CC. The van der Waals surface area contributed by atoms with Crippen LogP contribution < -0.4 is 0 Å². The molecule has 0 aliphatic carbocycles. The zero-order valence-corrected chi connectivity index (χ0v) is 53.9. The molecule has 0 N–H and O–H groups in total. The molecule has 1 atom stereocenters. The Labute approximate surface area is 512 Å². The Morgan fingerprint density at radius 3 is 0.735 bits per heavy atom. The number of carbonyl (C=O) groups is 3. The fourth-order valence-corrected chi connectivity index (χ4v) is 9.23. The monoisotopic (exact) mass is 1150 g/mol. The topological polar surface area (TPSA) is 78.9 Å². The summed E-state index contributed by atoms with van der Waals surface area (Å²) in [5.74, 6) is -0.928. The van der Waals surface area contributed by atoms with Crippen LogP contribution in [0, 0.1) is 0 Å². The minimum absolute atomic E-state index is 0.0973. The summed E-state index contributed by atoms with van der Waals surface area (Å²) in [7, 11) is 0. The quantitative estimate of drug-likeness (QED) is 0.0261. The van der Waals surface area contributed by atoms with Crippen LogP contribution in [0.3, 0.4) is 0 Å². The molecule has 0 aliphatic rings. The summed E-state index contributed by atoms with van der Waals surface area (Å²) >= 11 is 0. The molecule has 0 bridgehead atoms. The molecule has 0 aliphatic heterocycles. The van der Waals surface area contributed by atoms with Gasteiger partial charge in [0, 0.05) is 19.3 Å². The van der Waals surface area contributed by atoms with Crippen molar-refractivity contribution in [2.75, 3.05) is 13.2 Å². The van der Waals surface area contributed by atoms with Gasteiger partial charge < -0.3 is 14.2 Å². The third-order valence-corrected chi connectivity index (χ3v) is 14.3. The Morgan fingerprint density at radius 1 is 0.253 bits per heavy atom. The molecule has 0 radical (unpaired) electrons. The third-order valence-electron chi connectivity index (χ3n) is 14.3. The van der Waals surface area contributed by atoms with Crippen molar-refractivity contribution in [3.63, 3.8) is 0 Å². The van der Waals surface area contributed by atoms with Crippen molar-refractivity contribution >= 4 is 17.9 Å². The first-order valence-electron chi connectivity index (χ1n) is 34.3. The van der Waals surface area contributed by atoms with Gasteiger partial charge in [0.25, 0.3) is 0 Å². The van der Waals surface area contributed by atoms with Gasteiger partial charge in [-0.3, -0.25) is 14.4 Å². The summed E-state index contributed by atoms with van der Waals surface area (Å²) in [6.45, 7) is 6.39. The van der Waals surface area contributed by atoms with Gasteiger partial charge in [0.2, 0.25) is 0 Å². The van der Waals surface area contributed by atoms with Crippen LogP contribution in [0.25, 0.3) is 0 Å². The summed E-state index contributed by atoms with van der Waals surface area (Å²) in [5.41, 5.74) is 0. The van der Waals surface area contributed by atoms with Crippen molar-refractivity contribution in [2.24, 2.45) is 0 Å². The van der Waals surface area contributed by atoms with Crippen LogP contribution in [0.2, 0.25) is 0 Å². The molecular formula is C77H126O6. The number of allylic oxidation sites excluding steroid dienone is 24. The Kier molecular flexibility index (Phi) is 65.8. The molecule has 0 amide bonds. The van der Waals surface area contributed by atoms with Gasteiger partial charge in [0.05, 0.1) is 0 Å². The molecule has 6 nitrogen and oxygen atoms in total. The smallest absolute Gasteiger partial charge is 0.306 e. The Hall–Kier alpha value is -4.71. The first kappa shape index (κ1) is 78.3. The van der Waals surface area contributed by atoms with E-state index in [1.54, 1.807) is 0 Å². The van der Waals surface area contributed by atoms with Crippen LogP contribution in [0.4, 0.5) is 0 Å². The van der Waals surface area contributed by atoms with Crippen LogP contribution >= 0.6 is 0 Å². The predicted molar refractivity (Wildman–Crippen MR) is 362 cm³/mol. The summed E-state index contributed by atoms with van der Waals surface area (Å²) in [5, 5.41) is 0. The number of hydrogen-bond donors (Lipinski definition) is 0. The molecule has 0 aromatic rings. The summed E-state index contributed by atoms with van der Waals surface area (Å²) in [6.07, 6.45) is 99.9. The van der Waals surface area contributed by atoms with Crippen molar-refractivity contribution in [1.29, 1.82) is 0 Å². The van der Waals surface area contributed by atoms with Gasteiger partial charge in [-0.05, 0) is 141 Å². The van der Waals surface area contributed by atoms with Gasteiger partial charge in [-0.2, -0.15) is 0 Å². The van der Waals surface area contributed by atoms with Gasteiger partial charge >= 0.3 is 17.9 Å². The van der Waals surface area contributed by atoms with Crippen LogP contribution in [0.15, 0.2) is 146 Å². The molecule has 0 spiro atoms. The van der Waals surface area contributed by atoms with E-state index in [0.717, 1.165) is 161 Å². The molecule has 0 saturated heterocycles. The predicted octanol–water partition coefficient (Wildman–Crippen LogP) is 23.9. The lowest BCUT2D eigenvalue weighted by molar-refractivity contribution is -0.167. The van der Waals surface area contributed by atoms with E-state index in [2.05, 4.69) is 167 Å². The van der Waals surface area contributed by atoms with E-state index in [1.807, 2.05) is 0 Å². The van der Waals surface area contributed by atoms with Crippen molar-refractivity contribution in [3.8, 4) is 0 Å². The van der Waals surface area contributed by atoms with Gasteiger partial charge in [-0.15, -0.1) is 0 Å². The van der Waals surface area contributed by atoms with Gasteiger partial charge in [0.15, 0.2) is 6.10 Å². The number of esters is 3. The van der Waals surface area contributed by atoms with Gasteiger partial charge in [0.1, 0.15) is 13.2 Å². The average Bonchev–Trinajstić information content (AvgIpc) is 3.49. The molecule has 0 heterocycles. The fraction of sp³-hybridized carbons (Fsp3) is 0.649. The number of ether oxygens (including phenoxy) is 3. The highest BCUT2D eigenvalue weighted by molar-refractivity contribution is 5.71. The lowest BCUT2D eigenvalue weighted by Gasteiger charge is -2.18. The second kappa shape index (κ2) is 69.8. The van der Waals surface area contributed by atoms with E-state index in [-0.39, 0.29) is 31.1 Å². The van der Waals surface area contributed by atoms with Gasteiger partial charge in [-0.1, -0.05) is 289 Å². The Morgan fingerprint density at radius 2 is 0.470 bits per heavy atom. The molecule has 6 heteroatoms. The largest absolute Gasteiger partial charge is 0.462 e. The van der Waals surface area contributed by atoms with Crippen LogP contribution in [-0.2, 0) is 28.6 Å². The molecule has 0 rings (SSSR count). The molecule has 1 unspecified atom stereocenters. The highest BCUT2D eigenvalue weighted by Gasteiger charge is 2.19. The Balaban J connectivity index is 4.48. The normalized spacial score (nSPS) is 13.0. The number of hydrogen-bond acceptors (Lipinski definition) is 6. The molecule has 83 heavy (non-hydrogen) atoms. The standard InChI is InChI=1S/C77H126O6/c1-4-7-10-13-16-19-22-25-28-31-34-37-38-41-43-46-49-52-55-58-61-64-67-70-76(79)82-73-74(83-77(80)71-68-65-62-59-56-53-50-47-44-40-36-33-30-27-24-21-18-15-12-9-6-3)72-81-75(78)69-66-63-60-57-54-51-48-45-42-39-35-32-29-26-23-20-17-14-11-8-5-2/h7,9-10,12,16,18-19,21,23,25-28,30,32,34-37,40,42,45,47,50,74H,4-6,8,11,13-15,17,20,22,24,29,31,33,38-39,41,43-44,46,48-49,51-73H2,1-3H3/b10-7-,12-9-,19-16-,21-18-,26-23-,28-25-,30-27-,35-32-,37-34-,40-36-,45-42-,50-47-. The zero-order valence-electron chi connectivity index (χ0n) is 53.9. The van der Waals surface area contributed by atoms with Crippen molar-refractivity contribution in [3.05, 3.63) is 146 Å². The molecule has 470 valence electrons. The third kappa shape index (κ3) is 68.0. The maximum Gasteiger partial charge on any atom is 0.306 e. The minimum atomic E-state index is -0.805. The highest BCUT2D eigenvalue weighted by atomic mass is 16.6. The van der Waals surface area contributed by atoms with E-state index >= 15 is 0 Å². The van der Waals surface area contributed by atoms with E-state index in [0.29, 0.717) is 19.3 Å². The molecule has 0 saturated carbocycles. The second-order valence-electron chi connectivity index (χ2n) is 22.3. The van der Waals surface area contributed by atoms with Crippen LogP contribution in [0.5, 0.6) is 0 Å². The average molecular weight is 1150 g/mol. The maximum atomic E-state index is 13.0. The lowest BCUT2D eigenvalue weighted by atomic mass is 10.1. The highest BCUT2D eigenvalue weighted by Crippen LogP contribution is 2.15. The van der Waals surface area contributed by atoms with Crippen LogP contribution in [-0.4, -0.2) is 37.2 Å². The summed E-state index contributed by atoms with van der Waals surface area (Å²) in [6, 6.07) is 0. The maximum absolute atomic E-state index is 13.0. The number of rotatable bonds is 61. The number of unbranched alkanes of at least 4 members (excludes halogenated alkanes) is 26. The lowest BCUT2D eigenvalue weighted by Crippen LogP contribution is -2.30. The second-order valence-corrected chi connectivity index (χ2v) is 22.3. The fourth-order valence-electron chi connectivity index (χ4n) is 9.23. The molecule has 0 fully saturated rings. The zero-order chi connectivity index (χ0) is 59.9. The van der Waals surface area contributed by atoms with E-state index < -0.39 is 6.10 Å². The van der Waals surface area contributed by atoms with Crippen molar-refractivity contribution in [1.82, 2.24) is 0 Å². The first-order valence-corrected chi connectivity index (χ1v) is 34.3. The van der Waals surface area contributed by atoms with Crippen molar-refractivity contribution < 1.29 is 28.6 Å². The molecule has 0 aromatic heterocycles. The van der Waals surface area contributed by atoms with Crippen LogP contribution in [0.1, 0.15) is 303 Å². The van der Waals surface area contributed by atoms with Gasteiger partial charge in [-0.25, -0.2) is 0 Å². The van der Waals surface area contributed by atoms with E-state index in [4.69, 9.17) is 14.2 Å². The molecule has 0 aromatic carbocycles. The minimum Gasteiger partial charge on any atom is -0.462 e. The van der Waals surface area contributed by atoms with E-state index in [1.165, 1.54) is 103 Å². The summed E-state index contributed by atoms with van der Waals surface area (Å²) in [4.78, 5) is 38.5. The number of carbonyl (C=O) groups excluding carboxylic acids is 3. The first-order chi connectivity index (χ1) is 41.0. The van der Waals surface area contributed by atoms with E-state index in [9.17, 15) is 14.4 Å². The summed E-state index contributed by atoms with van der Waals surface area (Å²) < 4.78 is 17.0. The molecular weight excluding hydrogens is 1020 g/mol.